The first kappa shape index (κ1) is 19.3. The van der Waals surface area contributed by atoms with Gasteiger partial charge in [-0.1, -0.05) is 14.9 Å². The molecule has 0 atom stereocenters. The summed E-state index contributed by atoms with van der Waals surface area (Å²) in [6.45, 7) is 2.95. The molecule has 0 radical (unpaired) electrons. The zero-order valence-electron chi connectivity index (χ0n) is 10.5. The maximum atomic E-state index is 12.5. The van der Waals surface area contributed by atoms with Crippen molar-refractivity contribution in [3.63, 3.8) is 0 Å². The van der Waals surface area contributed by atoms with E-state index in [1.165, 1.54) is 6.07 Å². The fraction of sp³-hybridized carbons (Fsp3) is 0.533. The molecule has 120 valence electrons. The lowest BCUT2D eigenvalue weighted by molar-refractivity contribution is -0.137. The zero-order chi connectivity index (χ0) is 14.0. The van der Waals surface area contributed by atoms with Crippen LogP contribution in [0.4, 0.5) is 23.7 Å². The molecule has 0 unspecified atom stereocenters. The second-order valence-electron chi connectivity index (χ2n) is 4.65. The predicted octanol–water partition coefficient (Wildman–Crippen LogP) is 4.91. The van der Waals surface area contributed by atoms with Gasteiger partial charge in [0.2, 0.25) is 0 Å². The van der Waals surface area contributed by atoms with Crippen LogP contribution in [0.15, 0.2) is 18.2 Å². The van der Waals surface area contributed by atoms with E-state index in [0.717, 1.165) is 25.0 Å². The molecule has 1 aliphatic heterocycles. The van der Waals surface area contributed by atoms with Gasteiger partial charge in [-0.2, -0.15) is 13.2 Å². The highest BCUT2D eigenvalue weighted by atomic mass is 19.4. The number of amides is 2. The summed E-state index contributed by atoms with van der Waals surface area (Å²) >= 11 is 0. The summed E-state index contributed by atoms with van der Waals surface area (Å²) in [5, 5.41) is 2.65. The molecule has 1 aromatic rings. The number of halogens is 3. The minimum absolute atomic E-state index is 0. The molecular weight excluding hydrogens is 281 g/mol. The van der Waals surface area contributed by atoms with E-state index in [1.54, 1.807) is 11.8 Å². The van der Waals surface area contributed by atoms with E-state index in [-0.39, 0.29) is 20.9 Å². The fourth-order valence-corrected chi connectivity index (χ4v) is 2.09. The molecule has 21 heavy (non-hydrogen) atoms. The van der Waals surface area contributed by atoms with Crippen molar-refractivity contribution in [3.8, 4) is 0 Å². The van der Waals surface area contributed by atoms with Crippen LogP contribution in [-0.4, -0.2) is 24.0 Å². The van der Waals surface area contributed by atoms with E-state index in [1.807, 2.05) is 0 Å². The second kappa shape index (κ2) is 7.33. The Balaban J connectivity index is 0.00000200. The van der Waals surface area contributed by atoms with Gasteiger partial charge >= 0.3 is 12.2 Å². The van der Waals surface area contributed by atoms with Gasteiger partial charge < -0.3 is 10.2 Å². The van der Waals surface area contributed by atoms with Crippen molar-refractivity contribution in [2.75, 3.05) is 18.4 Å². The fourth-order valence-electron chi connectivity index (χ4n) is 2.09. The molecule has 1 saturated heterocycles. The lowest BCUT2D eigenvalue weighted by atomic mass is 10.1. The zero-order valence-corrected chi connectivity index (χ0v) is 10.5. The maximum Gasteiger partial charge on any atom is 0.416 e. The Morgan fingerprint density at radius 3 is 2.24 bits per heavy atom. The van der Waals surface area contributed by atoms with E-state index in [4.69, 9.17) is 0 Å². The highest BCUT2D eigenvalue weighted by molar-refractivity contribution is 5.90. The SMILES string of the molecule is C.C.Cc1cc(C(F)(F)F)ccc1NC(=O)N1CCCC1. The summed E-state index contributed by atoms with van der Waals surface area (Å²) < 4.78 is 37.5. The largest absolute Gasteiger partial charge is 0.416 e. The van der Waals surface area contributed by atoms with Crippen LogP contribution in [0.3, 0.4) is 0 Å². The number of nitrogens with one attached hydrogen (secondary N) is 1. The highest BCUT2D eigenvalue weighted by Crippen LogP contribution is 2.31. The number of hydrogen-bond donors (Lipinski definition) is 1. The molecule has 1 aliphatic rings. The van der Waals surface area contributed by atoms with Crippen LogP contribution in [0.1, 0.15) is 38.8 Å². The summed E-state index contributed by atoms with van der Waals surface area (Å²) in [4.78, 5) is 13.5. The van der Waals surface area contributed by atoms with Crippen LogP contribution in [-0.2, 0) is 6.18 Å². The van der Waals surface area contributed by atoms with Gasteiger partial charge in [-0.15, -0.1) is 0 Å². The van der Waals surface area contributed by atoms with Gasteiger partial charge in [0.15, 0.2) is 0 Å². The van der Waals surface area contributed by atoms with Gasteiger partial charge in [0.1, 0.15) is 0 Å². The van der Waals surface area contributed by atoms with Crippen molar-refractivity contribution in [1.82, 2.24) is 4.90 Å². The van der Waals surface area contributed by atoms with E-state index in [9.17, 15) is 18.0 Å². The first-order valence-electron chi connectivity index (χ1n) is 6.12. The number of rotatable bonds is 1. The van der Waals surface area contributed by atoms with Crippen LogP contribution in [0, 0.1) is 6.92 Å². The van der Waals surface area contributed by atoms with E-state index < -0.39 is 11.7 Å². The summed E-state index contributed by atoms with van der Waals surface area (Å²) in [6.07, 6.45) is -2.42. The summed E-state index contributed by atoms with van der Waals surface area (Å²) in [6, 6.07) is 3.07. The van der Waals surface area contributed by atoms with E-state index in [0.29, 0.717) is 24.3 Å². The molecule has 1 fully saturated rings. The normalized spacial score (nSPS) is 14.2. The number of carbonyl (C=O) groups is 1. The Labute approximate surface area is 124 Å². The van der Waals surface area contributed by atoms with E-state index >= 15 is 0 Å². The van der Waals surface area contributed by atoms with Gasteiger partial charge in [-0.05, 0) is 43.5 Å². The molecule has 2 amide bonds. The molecule has 1 N–H and O–H groups in total. The molecule has 6 heteroatoms. The predicted molar refractivity (Wildman–Crippen MR) is 79.5 cm³/mol. The number of carbonyl (C=O) groups excluding carboxylic acids is 1. The number of nitrogens with zero attached hydrogens (tertiary/aromatic N) is 1. The van der Waals surface area contributed by atoms with Gasteiger partial charge in [-0.3, -0.25) is 0 Å². The van der Waals surface area contributed by atoms with Crippen molar-refractivity contribution in [3.05, 3.63) is 29.3 Å². The van der Waals surface area contributed by atoms with Crippen LogP contribution in [0.5, 0.6) is 0 Å². The lowest BCUT2D eigenvalue weighted by Gasteiger charge is -2.18. The first-order valence-corrected chi connectivity index (χ1v) is 6.12. The van der Waals surface area contributed by atoms with Crippen molar-refractivity contribution >= 4 is 11.7 Å². The number of urea groups is 1. The van der Waals surface area contributed by atoms with Crippen LogP contribution >= 0.6 is 0 Å². The molecule has 1 heterocycles. The van der Waals surface area contributed by atoms with Gasteiger partial charge in [0, 0.05) is 18.8 Å². The topological polar surface area (TPSA) is 32.3 Å². The Bertz CT molecular complexity index is 480. The number of benzene rings is 1. The average molecular weight is 304 g/mol. The smallest absolute Gasteiger partial charge is 0.325 e. The third kappa shape index (κ3) is 4.65. The average Bonchev–Trinajstić information content (AvgIpc) is 2.84. The monoisotopic (exact) mass is 304 g/mol. The Morgan fingerprint density at radius 1 is 1.19 bits per heavy atom. The van der Waals surface area contributed by atoms with Crippen molar-refractivity contribution < 1.29 is 18.0 Å². The number of anilines is 1. The van der Waals surface area contributed by atoms with Crippen molar-refractivity contribution in [2.45, 2.75) is 40.8 Å². The molecule has 2 rings (SSSR count). The second-order valence-corrected chi connectivity index (χ2v) is 4.65. The standard InChI is InChI=1S/C13H15F3N2O.2CH4/c1-9-8-10(13(14,15)16)4-5-11(9)17-12(19)18-6-2-3-7-18;;/h4-5,8H,2-3,6-7H2,1H3,(H,17,19);2*1H4. The van der Waals surface area contributed by atoms with Crippen LogP contribution in [0.2, 0.25) is 0 Å². The van der Waals surface area contributed by atoms with Gasteiger partial charge in [-0.25, -0.2) is 4.79 Å². The van der Waals surface area contributed by atoms with Crippen molar-refractivity contribution in [1.29, 1.82) is 0 Å². The van der Waals surface area contributed by atoms with Gasteiger partial charge in [0.05, 0.1) is 5.56 Å². The summed E-state index contributed by atoms with van der Waals surface area (Å²) in [5.74, 6) is 0. The van der Waals surface area contributed by atoms with Gasteiger partial charge in [0.25, 0.3) is 0 Å². The number of aryl methyl sites for hydroxylation is 1. The number of likely N-dealkylation sites (tertiary alicyclic amines) is 1. The third-order valence-electron chi connectivity index (χ3n) is 3.19. The Morgan fingerprint density at radius 2 is 1.76 bits per heavy atom. The number of hydrogen-bond acceptors (Lipinski definition) is 1. The molecular formula is C15H23F3N2O. The van der Waals surface area contributed by atoms with Crippen LogP contribution in [0.25, 0.3) is 0 Å². The Hall–Kier alpha value is -1.72. The Kier molecular flexibility index (Phi) is 6.73. The molecule has 0 spiro atoms. The molecule has 0 aliphatic carbocycles. The highest BCUT2D eigenvalue weighted by Gasteiger charge is 2.30. The summed E-state index contributed by atoms with van der Waals surface area (Å²) in [5.41, 5.74) is 0.122. The first-order chi connectivity index (χ1) is 8.88. The van der Waals surface area contributed by atoms with E-state index in [2.05, 4.69) is 5.32 Å². The summed E-state index contributed by atoms with van der Waals surface area (Å²) in [7, 11) is 0. The molecule has 3 nitrogen and oxygen atoms in total. The number of alkyl halides is 3. The molecule has 0 aromatic heterocycles. The van der Waals surface area contributed by atoms with Crippen LogP contribution < -0.4 is 5.32 Å². The van der Waals surface area contributed by atoms with Crippen molar-refractivity contribution in [2.24, 2.45) is 0 Å². The minimum atomic E-state index is -4.36. The minimum Gasteiger partial charge on any atom is -0.325 e. The lowest BCUT2D eigenvalue weighted by Crippen LogP contribution is -2.32. The third-order valence-corrected chi connectivity index (χ3v) is 3.19. The molecule has 0 bridgehead atoms. The quantitative estimate of drug-likeness (QED) is 0.785. The molecule has 0 saturated carbocycles. The molecule has 1 aromatic carbocycles. The maximum absolute atomic E-state index is 12.5.